The van der Waals surface area contributed by atoms with Crippen LogP contribution in [0.3, 0.4) is 0 Å². The molecule has 0 atom stereocenters. The van der Waals surface area contributed by atoms with Gasteiger partial charge in [-0.25, -0.2) is 4.79 Å². The first-order valence-electron chi connectivity index (χ1n) is 8.13. The molecule has 1 aliphatic rings. The molecule has 0 aliphatic carbocycles. The second kappa shape index (κ2) is 7.53. The second-order valence-electron chi connectivity index (χ2n) is 6.86. The predicted molar refractivity (Wildman–Crippen MR) is 86.0 cm³/mol. The Bertz CT molecular complexity index is 511. The van der Waals surface area contributed by atoms with E-state index in [9.17, 15) is 9.59 Å². The van der Waals surface area contributed by atoms with Crippen LogP contribution >= 0.6 is 0 Å². The van der Waals surface area contributed by atoms with E-state index in [0.29, 0.717) is 38.9 Å². The van der Waals surface area contributed by atoms with Gasteiger partial charge < -0.3 is 19.4 Å². The summed E-state index contributed by atoms with van der Waals surface area (Å²) >= 11 is 0. The Morgan fingerprint density at radius 3 is 2.61 bits per heavy atom. The number of hydrogen-bond acceptors (Lipinski definition) is 4. The zero-order valence-electron chi connectivity index (χ0n) is 14.1. The van der Waals surface area contributed by atoms with E-state index in [1.807, 2.05) is 32.9 Å². The fourth-order valence-electron chi connectivity index (χ4n) is 2.56. The predicted octanol–water partition coefficient (Wildman–Crippen LogP) is 2.59. The number of carbonyl (C=O) groups is 2. The Morgan fingerprint density at radius 1 is 1.35 bits per heavy atom. The van der Waals surface area contributed by atoms with E-state index in [1.54, 1.807) is 11.2 Å². The van der Waals surface area contributed by atoms with Crippen molar-refractivity contribution in [1.82, 2.24) is 10.2 Å². The topological polar surface area (TPSA) is 71.8 Å². The van der Waals surface area contributed by atoms with Crippen molar-refractivity contribution >= 4 is 12.0 Å². The quantitative estimate of drug-likeness (QED) is 0.925. The van der Waals surface area contributed by atoms with Crippen LogP contribution in [-0.4, -0.2) is 42.1 Å². The van der Waals surface area contributed by atoms with Gasteiger partial charge >= 0.3 is 6.09 Å². The highest BCUT2D eigenvalue weighted by Gasteiger charge is 2.29. The third-order valence-corrected chi connectivity index (χ3v) is 3.77. The van der Waals surface area contributed by atoms with E-state index in [-0.39, 0.29) is 17.9 Å². The van der Waals surface area contributed by atoms with Gasteiger partial charge in [-0.15, -0.1) is 0 Å². The molecule has 1 N–H and O–H groups in total. The maximum atomic E-state index is 12.2. The molecule has 0 unspecified atom stereocenters. The average Bonchev–Trinajstić information content (AvgIpc) is 2.99. The molecule has 0 aromatic carbocycles. The lowest BCUT2D eigenvalue weighted by atomic mass is 9.96. The minimum absolute atomic E-state index is 0.0368. The first kappa shape index (κ1) is 17.4. The van der Waals surface area contributed by atoms with Gasteiger partial charge in [0.15, 0.2) is 0 Å². The molecule has 6 nitrogen and oxygen atoms in total. The van der Waals surface area contributed by atoms with Crippen molar-refractivity contribution in [1.29, 1.82) is 0 Å². The second-order valence-corrected chi connectivity index (χ2v) is 6.86. The molecule has 1 saturated heterocycles. The number of rotatable bonds is 4. The van der Waals surface area contributed by atoms with Crippen molar-refractivity contribution in [3.8, 4) is 0 Å². The maximum Gasteiger partial charge on any atom is 0.410 e. The van der Waals surface area contributed by atoms with E-state index in [2.05, 4.69) is 5.32 Å². The highest BCUT2D eigenvalue weighted by molar-refractivity contribution is 5.79. The summed E-state index contributed by atoms with van der Waals surface area (Å²) in [5.41, 5.74) is -0.489. The van der Waals surface area contributed by atoms with Crippen LogP contribution in [0.25, 0.3) is 0 Å². The molecule has 2 amide bonds. The van der Waals surface area contributed by atoms with Gasteiger partial charge in [-0.3, -0.25) is 4.79 Å². The Hall–Kier alpha value is -1.98. The molecule has 1 aliphatic heterocycles. The fourth-order valence-corrected chi connectivity index (χ4v) is 2.56. The van der Waals surface area contributed by atoms with Crippen molar-refractivity contribution in [2.45, 2.75) is 45.6 Å². The zero-order chi connectivity index (χ0) is 16.9. The number of hydrogen-bond donors (Lipinski definition) is 1. The molecule has 0 spiro atoms. The molecular weight excluding hydrogens is 296 g/mol. The number of likely N-dealkylation sites (tertiary alicyclic amines) is 1. The summed E-state index contributed by atoms with van der Waals surface area (Å²) < 4.78 is 10.6. The third kappa shape index (κ3) is 5.62. The summed E-state index contributed by atoms with van der Waals surface area (Å²) in [6, 6.07) is 3.73. The fraction of sp³-hybridized carbons (Fsp3) is 0.647. The number of piperidine rings is 1. The SMILES string of the molecule is CC(C)(C)OC(=O)N1CCC(C(=O)NCCc2ccco2)CC1. The highest BCUT2D eigenvalue weighted by Crippen LogP contribution is 2.19. The molecule has 0 saturated carbocycles. The molecule has 2 heterocycles. The lowest BCUT2D eigenvalue weighted by Gasteiger charge is -2.32. The van der Waals surface area contributed by atoms with Crippen LogP contribution in [0.4, 0.5) is 4.79 Å². The van der Waals surface area contributed by atoms with Gasteiger partial charge in [0.05, 0.1) is 6.26 Å². The van der Waals surface area contributed by atoms with Gasteiger partial charge in [0.1, 0.15) is 11.4 Å². The van der Waals surface area contributed by atoms with Gasteiger partial charge in [0, 0.05) is 32.0 Å². The van der Waals surface area contributed by atoms with Crippen LogP contribution in [0.5, 0.6) is 0 Å². The van der Waals surface area contributed by atoms with Crippen molar-refractivity contribution in [2.75, 3.05) is 19.6 Å². The first-order valence-corrected chi connectivity index (χ1v) is 8.13. The molecule has 23 heavy (non-hydrogen) atoms. The molecule has 0 bridgehead atoms. The van der Waals surface area contributed by atoms with Crippen LogP contribution in [-0.2, 0) is 16.0 Å². The van der Waals surface area contributed by atoms with Crippen molar-refractivity contribution < 1.29 is 18.7 Å². The lowest BCUT2D eigenvalue weighted by Crippen LogP contribution is -2.45. The number of amides is 2. The summed E-state index contributed by atoms with van der Waals surface area (Å²) in [5.74, 6) is 0.885. The van der Waals surface area contributed by atoms with Crippen LogP contribution < -0.4 is 5.32 Å². The summed E-state index contributed by atoms with van der Waals surface area (Å²) in [6.07, 6.45) is 3.37. The van der Waals surface area contributed by atoms with E-state index >= 15 is 0 Å². The number of ether oxygens (including phenoxy) is 1. The van der Waals surface area contributed by atoms with Crippen LogP contribution in [0.15, 0.2) is 22.8 Å². The van der Waals surface area contributed by atoms with Crippen molar-refractivity contribution in [3.63, 3.8) is 0 Å². The smallest absolute Gasteiger partial charge is 0.410 e. The Kier molecular flexibility index (Phi) is 5.69. The third-order valence-electron chi connectivity index (χ3n) is 3.77. The number of furan rings is 1. The summed E-state index contributed by atoms with van der Waals surface area (Å²) in [6.45, 7) is 7.24. The molecule has 0 radical (unpaired) electrons. The molecular formula is C17H26N2O4. The zero-order valence-corrected chi connectivity index (χ0v) is 14.1. The molecule has 1 aromatic rings. The normalized spacial score (nSPS) is 16.2. The Labute approximate surface area is 137 Å². The first-order chi connectivity index (χ1) is 10.8. The monoisotopic (exact) mass is 322 g/mol. The number of nitrogens with zero attached hydrogens (tertiary/aromatic N) is 1. The molecule has 1 fully saturated rings. The van der Waals surface area contributed by atoms with E-state index in [4.69, 9.17) is 9.15 Å². The molecule has 2 rings (SSSR count). The molecule has 6 heteroatoms. The van der Waals surface area contributed by atoms with Gasteiger partial charge in [-0.05, 0) is 45.7 Å². The lowest BCUT2D eigenvalue weighted by molar-refractivity contribution is -0.126. The van der Waals surface area contributed by atoms with E-state index in [0.717, 1.165) is 5.76 Å². The van der Waals surface area contributed by atoms with Crippen molar-refractivity contribution in [3.05, 3.63) is 24.2 Å². The van der Waals surface area contributed by atoms with Gasteiger partial charge in [-0.2, -0.15) is 0 Å². The van der Waals surface area contributed by atoms with Gasteiger partial charge in [-0.1, -0.05) is 0 Å². The van der Waals surface area contributed by atoms with Crippen LogP contribution in [0, 0.1) is 5.92 Å². The Morgan fingerprint density at radius 2 is 2.04 bits per heavy atom. The summed E-state index contributed by atoms with van der Waals surface area (Å²) in [5, 5.41) is 2.94. The van der Waals surface area contributed by atoms with E-state index in [1.165, 1.54) is 0 Å². The van der Waals surface area contributed by atoms with Crippen LogP contribution in [0.2, 0.25) is 0 Å². The van der Waals surface area contributed by atoms with Crippen molar-refractivity contribution in [2.24, 2.45) is 5.92 Å². The Balaban J connectivity index is 1.69. The van der Waals surface area contributed by atoms with Gasteiger partial charge in [0.2, 0.25) is 5.91 Å². The van der Waals surface area contributed by atoms with E-state index < -0.39 is 5.60 Å². The maximum absolute atomic E-state index is 12.2. The summed E-state index contributed by atoms with van der Waals surface area (Å²) in [7, 11) is 0. The molecule has 1 aromatic heterocycles. The van der Waals surface area contributed by atoms with Crippen LogP contribution in [0.1, 0.15) is 39.4 Å². The number of carbonyl (C=O) groups excluding carboxylic acids is 2. The standard InChI is InChI=1S/C17H26N2O4/c1-17(2,3)23-16(21)19-10-7-13(8-11-19)15(20)18-9-6-14-5-4-12-22-14/h4-5,12-13H,6-11H2,1-3H3,(H,18,20). The number of nitrogens with one attached hydrogen (secondary N) is 1. The minimum atomic E-state index is -0.489. The van der Waals surface area contributed by atoms with Gasteiger partial charge in [0.25, 0.3) is 0 Å². The minimum Gasteiger partial charge on any atom is -0.469 e. The summed E-state index contributed by atoms with van der Waals surface area (Å²) in [4.78, 5) is 25.8. The molecule has 128 valence electrons. The largest absolute Gasteiger partial charge is 0.469 e. The highest BCUT2D eigenvalue weighted by atomic mass is 16.6. The average molecular weight is 322 g/mol.